The molecule has 1 fully saturated rings. The lowest BCUT2D eigenvalue weighted by atomic mass is 10.2. The van der Waals surface area contributed by atoms with Gasteiger partial charge in [0, 0.05) is 38.3 Å². The van der Waals surface area contributed by atoms with E-state index in [-0.39, 0.29) is 0 Å². The van der Waals surface area contributed by atoms with E-state index in [1.807, 2.05) is 0 Å². The fourth-order valence-electron chi connectivity index (χ4n) is 2.52. The lowest BCUT2D eigenvalue weighted by molar-refractivity contribution is 0.178. The van der Waals surface area contributed by atoms with Crippen molar-refractivity contribution in [2.75, 3.05) is 26.2 Å². The van der Waals surface area contributed by atoms with Gasteiger partial charge >= 0.3 is 0 Å². The first kappa shape index (κ1) is 17.3. The van der Waals surface area contributed by atoms with Crippen molar-refractivity contribution in [2.45, 2.75) is 66.0 Å². The fourth-order valence-corrected chi connectivity index (χ4v) is 2.52. The Kier molecular flexibility index (Phi) is 7.97. The van der Waals surface area contributed by atoms with Crippen LogP contribution in [0, 0.1) is 5.92 Å². The zero-order valence-corrected chi connectivity index (χ0v) is 14.1. The van der Waals surface area contributed by atoms with E-state index in [0.29, 0.717) is 12.1 Å². The Morgan fingerprint density at radius 1 is 1.15 bits per heavy atom. The van der Waals surface area contributed by atoms with Crippen LogP contribution in [0.1, 0.15) is 53.9 Å². The van der Waals surface area contributed by atoms with Crippen molar-refractivity contribution in [3.8, 4) is 0 Å². The molecule has 0 aromatic rings. The quantitative estimate of drug-likeness (QED) is 0.504. The molecule has 0 aromatic heterocycles. The highest BCUT2D eigenvalue weighted by molar-refractivity contribution is 5.79. The molecule has 0 radical (unpaired) electrons. The highest BCUT2D eigenvalue weighted by Crippen LogP contribution is 2.32. The number of guanidine groups is 1. The largest absolute Gasteiger partial charge is 0.357 e. The standard InChI is InChI=1S/C16H34N4/c1-6-17-16(18-10-9-15-7-8-15)19-11-12-20(13(2)3)14(4)5/h13-15H,6-12H2,1-5H3,(H2,17,18,19). The van der Waals surface area contributed by atoms with Crippen LogP contribution in [0.15, 0.2) is 4.99 Å². The molecule has 1 aliphatic rings. The second kappa shape index (κ2) is 9.22. The van der Waals surface area contributed by atoms with E-state index in [0.717, 1.165) is 38.1 Å². The zero-order chi connectivity index (χ0) is 15.0. The Balaban J connectivity index is 2.29. The van der Waals surface area contributed by atoms with Crippen LogP contribution in [0.4, 0.5) is 0 Å². The van der Waals surface area contributed by atoms with Gasteiger partial charge < -0.3 is 10.6 Å². The van der Waals surface area contributed by atoms with Gasteiger partial charge in [0.2, 0.25) is 0 Å². The first-order chi connectivity index (χ1) is 9.54. The van der Waals surface area contributed by atoms with Crippen LogP contribution >= 0.6 is 0 Å². The average Bonchev–Trinajstić information content (AvgIpc) is 3.17. The van der Waals surface area contributed by atoms with E-state index in [1.54, 1.807) is 0 Å². The van der Waals surface area contributed by atoms with Crippen LogP contribution in [0.2, 0.25) is 0 Å². The Morgan fingerprint density at radius 3 is 2.30 bits per heavy atom. The molecule has 4 heteroatoms. The maximum Gasteiger partial charge on any atom is 0.191 e. The van der Waals surface area contributed by atoms with E-state index >= 15 is 0 Å². The third-order valence-corrected chi connectivity index (χ3v) is 3.84. The minimum Gasteiger partial charge on any atom is -0.357 e. The third-order valence-electron chi connectivity index (χ3n) is 3.84. The number of nitrogens with zero attached hydrogens (tertiary/aromatic N) is 2. The Bertz CT molecular complexity index is 274. The molecule has 0 spiro atoms. The van der Waals surface area contributed by atoms with Gasteiger partial charge in [0.1, 0.15) is 0 Å². The summed E-state index contributed by atoms with van der Waals surface area (Å²) in [5.74, 6) is 1.93. The second-order valence-electron chi connectivity index (χ2n) is 6.34. The SMILES string of the molecule is CCNC(=NCCC1CC1)NCCN(C(C)C)C(C)C. The molecule has 0 bridgehead atoms. The molecule has 0 saturated heterocycles. The molecule has 0 heterocycles. The molecule has 1 saturated carbocycles. The number of hydrogen-bond acceptors (Lipinski definition) is 2. The molecule has 0 atom stereocenters. The van der Waals surface area contributed by atoms with Crippen molar-refractivity contribution in [1.29, 1.82) is 0 Å². The molecule has 0 unspecified atom stereocenters. The summed E-state index contributed by atoms with van der Waals surface area (Å²) < 4.78 is 0. The summed E-state index contributed by atoms with van der Waals surface area (Å²) in [5, 5.41) is 6.78. The van der Waals surface area contributed by atoms with Crippen LogP contribution in [0.5, 0.6) is 0 Å². The smallest absolute Gasteiger partial charge is 0.191 e. The van der Waals surface area contributed by atoms with Crippen molar-refractivity contribution in [3.05, 3.63) is 0 Å². The van der Waals surface area contributed by atoms with Crippen molar-refractivity contribution in [3.63, 3.8) is 0 Å². The molecular weight excluding hydrogens is 248 g/mol. The summed E-state index contributed by atoms with van der Waals surface area (Å²) in [4.78, 5) is 7.16. The molecule has 20 heavy (non-hydrogen) atoms. The predicted molar refractivity (Wildman–Crippen MR) is 88.3 cm³/mol. The molecular formula is C16H34N4. The monoisotopic (exact) mass is 282 g/mol. The van der Waals surface area contributed by atoms with E-state index in [2.05, 4.69) is 55.1 Å². The van der Waals surface area contributed by atoms with E-state index in [4.69, 9.17) is 0 Å². The lowest BCUT2D eigenvalue weighted by Gasteiger charge is -2.30. The van der Waals surface area contributed by atoms with Gasteiger partial charge in [-0.05, 0) is 47.0 Å². The highest BCUT2D eigenvalue weighted by Gasteiger charge is 2.20. The van der Waals surface area contributed by atoms with Gasteiger partial charge in [-0.1, -0.05) is 12.8 Å². The van der Waals surface area contributed by atoms with E-state index < -0.39 is 0 Å². The summed E-state index contributed by atoms with van der Waals surface area (Å²) in [5.41, 5.74) is 0. The van der Waals surface area contributed by atoms with Crippen molar-refractivity contribution < 1.29 is 0 Å². The van der Waals surface area contributed by atoms with Gasteiger partial charge in [-0.3, -0.25) is 9.89 Å². The minimum absolute atomic E-state index is 0.589. The molecule has 0 amide bonds. The van der Waals surface area contributed by atoms with Gasteiger partial charge in [-0.2, -0.15) is 0 Å². The number of aliphatic imine (C=N–C) groups is 1. The van der Waals surface area contributed by atoms with Crippen molar-refractivity contribution >= 4 is 5.96 Å². The molecule has 118 valence electrons. The first-order valence-electron chi connectivity index (χ1n) is 8.32. The first-order valence-corrected chi connectivity index (χ1v) is 8.32. The number of hydrogen-bond donors (Lipinski definition) is 2. The molecule has 1 aliphatic carbocycles. The van der Waals surface area contributed by atoms with Crippen LogP contribution < -0.4 is 10.6 Å². The minimum atomic E-state index is 0.589. The number of rotatable bonds is 9. The fraction of sp³-hybridized carbons (Fsp3) is 0.938. The molecule has 0 aromatic carbocycles. The highest BCUT2D eigenvalue weighted by atomic mass is 15.2. The van der Waals surface area contributed by atoms with Crippen LogP contribution in [0.3, 0.4) is 0 Å². The Labute approximate surface area is 125 Å². The Morgan fingerprint density at radius 2 is 1.80 bits per heavy atom. The summed E-state index contributed by atoms with van der Waals surface area (Å²) in [6, 6.07) is 1.18. The normalized spacial score (nSPS) is 16.3. The molecule has 0 aliphatic heterocycles. The van der Waals surface area contributed by atoms with Gasteiger partial charge in [-0.25, -0.2) is 0 Å². The van der Waals surface area contributed by atoms with E-state index in [1.165, 1.54) is 19.3 Å². The van der Waals surface area contributed by atoms with Gasteiger partial charge in [-0.15, -0.1) is 0 Å². The van der Waals surface area contributed by atoms with Gasteiger partial charge in [0.05, 0.1) is 0 Å². The molecule has 4 nitrogen and oxygen atoms in total. The van der Waals surface area contributed by atoms with Crippen molar-refractivity contribution in [2.24, 2.45) is 10.9 Å². The number of nitrogens with one attached hydrogen (secondary N) is 2. The van der Waals surface area contributed by atoms with Crippen LogP contribution in [0.25, 0.3) is 0 Å². The van der Waals surface area contributed by atoms with Crippen LogP contribution in [-0.4, -0.2) is 49.1 Å². The van der Waals surface area contributed by atoms with E-state index in [9.17, 15) is 0 Å². The Hall–Kier alpha value is -0.770. The molecule has 1 rings (SSSR count). The van der Waals surface area contributed by atoms with Gasteiger partial charge in [0.25, 0.3) is 0 Å². The predicted octanol–water partition coefficient (Wildman–Crippen LogP) is 2.46. The van der Waals surface area contributed by atoms with Gasteiger partial charge in [0.15, 0.2) is 5.96 Å². The summed E-state index contributed by atoms with van der Waals surface area (Å²) in [6.45, 7) is 15.0. The topological polar surface area (TPSA) is 39.7 Å². The molecule has 2 N–H and O–H groups in total. The lowest BCUT2D eigenvalue weighted by Crippen LogP contribution is -2.45. The van der Waals surface area contributed by atoms with Crippen molar-refractivity contribution in [1.82, 2.24) is 15.5 Å². The second-order valence-corrected chi connectivity index (χ2v) is 6.34. The summed E-state index contributed by atoms with van der Waals surface area (Å²) >= 11 is 0. The zero-order valence-electron chi connectivity index (χ0n) is 14.1. The van der Waals surface area contributed by atoms with Crippen LogP contribution in [-0.2, 0) is 0 Å². The summed E-state index contributed by atoms with van der Waals surface area (Å²) in [6.07, 6.45) is 4.08. The maximum absolute atomic E-state index is 4.66. The maximum atomic E-state index is 4.66. The third kappa shape index (κ3) is 7.13. The average molecular weight is 282 g/mol. The summed E-state index contributed by atoms with van der Waals surface area (Å²) in [7, 11) is 0.